The molecule has 0 fully saturated rings. The minimum Gasteiger partial charge on any atom is -0.351 e. The summed E-state index contributed by atoms with van der Waals surface area (Å²) in [6.07, 6.45) is 4.48. The third kappa shape index (κ3) is 3.65. The second kappa shape index (κ2) is 8.36. The molecule has 0 spiro atoms. The van der Waals surface area contributed by atoms with E-state index in [0.717, 1.165) is 47.4 Å². The Morgan fingerprint density at radius 3 is 2.53 bits per heavy atom. The lowest BCUT2D eigenvalue weighted by Gasteiger charge is -2.22. The van der Waals surface area contributed by atoms with Crippen LogP contribution < -0.4 is 5.32 Å². The number of rotatable bonds is 5. The number of nitrogens with one attached hydrogen (secondary N) is 2. The Morgan fingerprint density at radius 2 is 1.78 bits per heavy atom. The van der Waals surface area contributed by atoms with E-state index in [0.29, 0.717) is 12.1 Å². The van der Waals surface area contributed by atoms with Gasteiger partial charge in [0.25, 0.3) is 5.91 Å². The van der Waals surface area contributed by atoms with Gasteiger partial charge in [-0.3, -0.25) is 9.89 Å². The molecule has 0 aliphatic heterocycles. The van der Waals surface area contributed by atoms with Crippen LogP contribution in [0.5, 0.6) is 0 Å². The van der Waals surface area contributed by atoms with Gasteiger partial charge in [0, 0.05) is 35.0 Å². The number of hydrogen-bond donors (Lipinski definition) is 2. The summed E-state index contributed by atoms with van der Waals surface area (Å²) in [5, 5.41) is 13.0. The van der Waals surface area contributed by atoms with Gasteiger partial charge in [-0.2, -0.15) is 5.10 Å². The van der Waals surface area contributed by atoms with E-state index < -0.39 is 0 Å². The molecule has 1 aliphatic rings. The topological polar surface area (TPSA) is 73.9 Å². The third-order valence-electron chi connectivity index (χ3n) is 6.44. The van der Waals surface area contributed by atoms with Crippen LogP contribution >= 0.6 is 0 Å². The molecule has 4 aromatic rings. The number of likely N-dealkylation sites (N-methyl/N-ethyl adjacent to an activating group) is 1. The van der Waals surface area contributed by atoms with Gasteiger partial charge in [0.05, 0.1) is 22.4 Å². The minimum atomic E-state index is -0.0373. The highest BCUT2D eigenvalue weighted by molar-refractivity contribution is 6.09. The van der Waals surface area contributed by atoms with Crippen LogP contribution in [0.15, 0.2) is 36.4 Å². The van der Waals surface area contributed by atoms with E-state index in [-0.39, 0.29) is 5.91 Å². The molecule has 0 bridgehead atoms. The van der Waals surface area contributed by atoms with Crippen LogP contribution in [0.1, 0.15) is 40.0 Å². The Hall–Kier alpha value is -3.25. The van der Waals surface area contributed by atoms with Gasteiger partial charge >= 0.3 is 0 Å². The Bertz CT molecular complexity index is 1300. The molecule has 1 amide bonds. The zero-order valence-electron chi connectivity index (χ0n) is 19.0. The number of carbonyl (C=O) groups excluding carboxylic acids is 1. The Balaban J connectivity index is 1.55. The number of aromatic nitrogens is 3. The molecular weight excluding hydrogens is 398 g/mol. The molecule has 6 heteroatoms. The fourth-order valence-corrected chi connectivity index (χ4v) is 4.80. The molecule has 1 aliphatic carbocycles. The van der Waals surface area contributed by atoms with Crippen LogP contribution in [0, 0.1) is 6.92 Å². The molecule has 5 rings (SSSR count). The Labute approximate surface area is 188 Å². The summed E-state index contributed by atoms with van der Waals surface area (Å²) in [6.45, 7) is 3.51. The number of nitrogens with zero attached hydrogens (tertiary/aromatic N) is 3. The molecule has 0 saturated carbocycles. The van der Waals surface area contributed by atoms with Crippen molar-refractivity contribution in [1.29, 1.82) is 0 Å². The van der Waals surface area contributed by atoms with Gasteiger partial charge < -0.3 is 10.2 Å². The smallest absolute Gasteiger partial charge is 0.251 e. The van der Waals surface area contributed by atoms with E-state index in [4.69, 9.17) is 4.98 Å². The third-order valence-corrected chi connectivity index (χ3v) is 6.44. The predicted octanol–water partition coefficient (Wildman–Crippen LogP) is 4.26. The first-order chi connectivity index (χ1) is 15.5. The first-order valence-corrected chi connectivity index (χ1v) is 11.4. The number of amides is 1. The molecule has 0 radical (unpaired) electrons. The highest BCUT2D eigenvalue weighted by Gasteiger charge is 2.22. The molecule has 0 saturated heterocycles. The maximum absolute atomic E-state index is 12.5. The SMILES string of the molecule is Cc1n[nH]c2ccc3nc(-c4ccc(C(=O)NCCN(C)C)cc4)c4c(c3c12)CCCC4. The summed E-state index contributed by atoms with van der Waals surface area (Å²) in [5.41, 5.74) is 8.67. The summed E-state index contributed by atoms with van der Waals surface area (Å²) in [6, 6.07) is 12.1. The highest BCUT2D eigenvalue weighted by Crippen LogP contribution is 2.38. The lowest BCUT2D eigenvalue weighted by Crippen LogP contribution is -2.31. The second-order valence-electron chi connectivity index (χ2n) is 8.95. The maximum atomic E-state index is 12.5. The monoisotopic (exact) mass is 427 g/mol. The lowest BCUT2D eigenvalue weighted by atomic mass is 9.85. The molecule has 2 aromatic carbocycles. The van der Waals surface area contributed by atoms with Crippen LogP contribution in [-0.4, -0.2) is 53.2 Å². The summed E-state index contributed by atoms with van der Waals surface area (Å²) < 4.78 is 0. The van der Waals surface area contributed by atoms with Gasteiger partial charge in [0.1, 0.15) is 0 Å². The van der Waals surface area contributed by atoms with Crippen LogP contribution in [-0.2, 0) is 12.8 Å². The molecule has 2 N–H and O–H groups in total. The predicted molar refractivity (Wildman–Crippen MR) is 129 cm³/mol. The fourth-order valence-electron chi connectivity index (χ4n) is 4.80. The highest BCUT2D eigenvalue weighted by atomic mass is 16.1. The van der Waals surface area contributed by atoms with Crippen molar-refractivity contribution in [3.63, 3.8) is 0 Å². The first-order valence-electron chi connectivity index (χ1n) is 11.4. The van der Waals surface area contributed by atoms with Crippen LogP contribution in [0.25, 0.3) is 33.1 Å². The summed E-state index contributed by atoms with van der Waals surface area (Å²) >= 11 is 0. The lowest BCUT2D eigenvalue weighted by molar-refractivity contribution is 0.0951. The molecule has 0 unspecified atom stereocenters. The molecule has 0 atom stereocenters. The molecule has 2 heterocycles. The second-order valence-corrected chi connectivity index (χ2v) is 8.95. The van der Waals surface area contributed by atoms with Crippen LogP contribution in [0.3, 0.4) is 0 Å². The number of hydrogen-bond acceptors (Lipinski definition) is 4. The summed E-state index contributed by atoms with van der Waals surface area (Å²) in [5.74, 6) is -0.0373. The Morgan fingerprint density at radius 1 is 1.03 bits per heavy atom. The molecule has 164 valence electrons. The Kier molecular flexibility index (Phi) is 5.39. The zero-order chi connectivity index (χ0) is 22.2. The van der Waals surface area contributed by atoms with Crippen molar-refractivity contribution in [2.75, 3.05) is 27.2 Å². The van der Waals surface area contributed by atoms with Gasteiger partial charge in [0.15, 0.2) is 0 Å². The van der Waals surface area contributed by atoms with Crippen molar-refractivity contribution in [2.45, 2.75) is 32.6 Å². The molecule has 32 heavy (non-hydrogen) atoms. The standard InChI is InChI=1S/C26H29N5O/c1-16-23-22(30-29-16)13-12-21-24(23)19-6-4-5-7-20(19)25(28-21)17-8-10-18(11-9-17)26(32)27-14-15-31(2)3/h8-13H,4-7,14-15H2,1-3H3,(H,27,32)(H,29,30). The summed E-state index contributed by atoms with van der Waals surface area (Å²) in [7, 11) is 3.99. The van der Waals surface area contributed by atoms with E-state index >= 15 is 0 Å². The van der Waals surface area contributed by atoms with E-state index in [1.54, 1.807) is 0 Å². The maximum Gasteiger partial charge on any atom is 0.251 e. The van der Waals surface area contributed by atoms with Gasteiger partial charge in [-0.15, -0.1) is 0 Å². The van der Waals surface area contributed by atoms with Crippen molar-refractivity contribution in [1.82, 2.24) is 25.4 Å². The number of H-pyrrole nitrogens is 1. The fraction of sp³-hybridized carbons (Fsp3) is 0.346. The van der Waals surface area contributed by atoms with Crippen LogP contribution in [0.4, 0.5) is 0 Å². The number of pyridine rings is 1. The quantitative estimate of drug-likeness (QED) is 0.499. The number of aromatic amines is 1. The van der Waals surface area contributed by atoms with Crippen molar-refractivity contribution in [2.24, 2.45) is 0 Å². The molecule has 6 nitrogen and oxygen atoms in total. The van der Waals surface area contributed by atoms with Gasteiger partial charge in [-0.05, 0) is 82.1 Å². The molecule has 2 aromatic heterocycles. The van der Waals surface area contributed by atoms with Crippen molar-refractivity contribution in [3.8, 4) is 11.3 Å². The van der Waals surface area contributed by atoms with Gasteiger partial charge in [-0.25, -0.2) is 4.98 Å². The van der Waals surface area contributed by atoms with E-state index in [1.807, 2.05) is 38.4 Å². The van der Waals surface area contributed by atoms with Crippen molar-refractivity contribution >= 4 is 27.7 Å². The molecular formula is C26H29N5O. The van der Waals surface area contributed by atoms with Gasteiger partial charge in [0.2, 0.25) is 0 Å². The van der Waals surface area contributed by atoms with E-state index in [9.17, 15) is 4.79 Å². The first kappa shape index (κ1) is 20.6. The number of carbonyl (C=O) groups is 1. The average Bonchev–Trinajstić information content (AvgIpc) is 3.19. The van der Waals surface area contributed by atoms with E-state index in [1.165, 1.54) is 34.7 Å². The van der Waals surface area contributed by atoms with E-state index in [2.05, 4.69) is 39.5 Å². The van der Waals surface area contributed by atoms with Crippen molar-refractivity contribution in [3.05, 3.63) is 58.8 Å². The number of aryl methyl sites for hydroxylation is 2. The zero-order valence-corrected chi connectivity index (χ0v) is 19.0. The number of benzene rings is 2. The summed E-state index contributed by atoms with van der Waals surface area (Å²) in [4.78, 5) is 19.6. The van der Waals surface area contributed by atoms with Gasteiger partial charge in [-0.1, -0.05) is 12.1 Å². The normalized spacial score (nSPS) is 13.6. The minimum absolute atomic E-state index is 0.0373. The van der Waals surface area contributed by atoms with Crippen molar-refractivity contribution < 1.29 is 4.79 Å². The average molecular weight is 428 g/mol. The largest absolute Gasteiger partial charge is 0.351 e. The van der Waals surface area contributed by atoms with Crippen LogP contribution in [0.2, 0.25) is 0 Å². The number of fused-ring (bicyclic) bond motifs is 5.